The van der Waals surface area contributed by atoms with E-state index in [1.165, 1.54) is 72.7 Å². The van der Waals surface area contributed by atoms with Crippen LogP contribution in [0, 0.1) is 0 Å². The number of hydrogen-bond donors (Lipinski definition) is 0. The van der Waals surface area contributed by atoms with Gasteiger partial charge in [0.15, 0.2) is 0 Å². The van der Waals surface area contributed by atoms with Gasteiger partial charge in [-0.3, -0.25) is 0 Å². The van der Waals surface area contributed by atoms with Crippen molar-refractivity contribution in [1.82, 2.24) is 0 Å². The Bertz CT molecular complexity index is 2200. The Kier molecular flexibility index (Phi) is 6.05. The minimum atomic E-state index is -0.0848. The van der Waals surface area contributed by atoms with Crippen molar-refractivity contribution in [2.24, 2.45) is 0 Å². The number of allylic oxidation sites excluding steroid dienone is 4. The Morgan fingerprint density at radius 1 is 0.457 bits per heavy atom. The predicted octanol–water partition coefficient (Wildman–Crippen LogP) is 12.1. The summed E-state index contributed by atoms with van der Waals surface area (Å²) in [4.78, 5) is 2.49. The maximum absolute atomic E-state index is 2.49. The lowest BCUT2D eigenvalue weighted by atomic mass is 9.70. The molecule has 0 amide bonds. The molecule has 0 aromatic heterocycles. The van der Waals surface area contributed by atoms with Crippen LogP contribution in [0.25, 0.3) is 33.4 Å². The quantitative estimate of drug-likeness (QED) is 0.198. The highest BCUT2D eigenvalue weighted by atomic mass is 15.1. The van der Waals surface area contributed by atoms with Crippen LogP contribution in [0.1, 0.15) is 47.9 Å². The third-order valence-corrected chi connectivity index (χ3v) is 10.5. The van der Waals surface area contributed by atoms with E-state index in [1.54, 1.807) is 0 Å². The Morgan fingerprint density at radius 2 is 1.02 bits per heavy atom. The van der Waals surface area contributed by atoms with Gasteiger partial charge in [-0.05, 0) is 80.4 Å². The fourth-order valence-electron chi connectivity index (χ4n) is 8.23. The van der Waals surface area contributed by atoms with Crippen molar-refractivity contribution < 1.29 is 0 Å². The fraction of sp³-hybridized carbons (Fsp3) is 0.111. The lowest BCUT2D eigenvalue weighted by molar-refractivity contribution is 0.660. The first-order valence-electron chi connectivity index (χ1n) is 16.4. The van der Waals surface area contributed by atoms with Crippen LogP contribution < -0.4 is 4.90 Å². The summed E-state index contributed by atoms with van der Waals surface area (Å²) < 4.78 is 0. The Hall–Kier alpha value is -5.40. The lowest BCUT2D eigenvalue weighted by Gasteiger charge is -2.35. The van der Waals surface area contributed by atoms with E-state index in [1.807, 2.05) is 0 Å². The second kappa shape index (κ2) is 10.3. The molecule has 0 N–H and O–H groups in total. The number of fused-ring (bicyclic) bond motifs is 9. The highest BCUT2D eigenvalue weighted by Crippen LogP contribution is 2.53. The minimum Gasteiger partial charge on any atom is -0.310 e. The highest BCUT2D eigenvalue weighted by molar-refractivity contribution is 5.91. The third kappa shape index (κ3) is 4.01. The van der Waals surface area contributed by atoms with Crippen LogP contribution in [0.2, 0.25) is 0 Å². The molecule has 1 nitrogen and oxygen atoms in total. The summed E-state index contributed by atoms with van der Waals surface area (Å²) in [6.45, 7) is 4.73. The van der Waals surface area contributed by atoms with Gasteiger partial charge in [-0.2, -0.15) is 0 Å². The van der Waals surface area contributed by atoms with Gasteiger partial charge in [0.05, 0.1) is 5.69 Å². The number of anilines is 3. The smallest absolute Gasteiger partial charge is 0.0540 e. The average molecular weight is 590 g/mol. The molecule has 6 aromatic carbocycles. The molecule has 46 heavy (non-hydrogen) atoms. The first-order valence-corrected chi connectivity index (χ1v) is 16.4. The van der Waals surface area contributed by atoms with Gasteiger partial charge in [-0.25, -0.2) is 0 Å². The van der Waals surface area contributed by atoms with Crippen molar-refractivity contribution in [3.8, 4) is 33.4 Å². The topological polar surface area (TPSA) is 3.24 Å². The number of benzene rings is 6. The number of para-hydroxylation sites is 1. The van der Waals surface area contributed by atoms with Crippen molar-refractivity contribution in [2.45, 2.75) is 31.1 Å². The van der Waals surface area contributed by atoms with Gasteiger partial charge < -0.3 is 4.90 Å². The summed E-state index contributed by atoms with van der Waals surface area (Å²) in [7, 11) is 0. The van der Waals surface area contributed by atoms with Crippen LogP contribution in [0.3, 0.4) is 0 Å². The van der Waals surface area contributed by atoms with Crippen molar-refractivity contribution >= 4 is 17.1 Å². The van der Waals surface area contributed by atoms with E-state index in [4.69, 9.17) is 0 Å². The standard InChI is InChI=1S/C45H35N/c1-45(2)42-22-12-10-21-39(42)40-27-25-32(29-43(40)45)46(44-23-13-11-16-33(44)30-14-4-3-5-15-30)31-24-26-38-36-19-7-6-17-34(36)35-18-8-9-20-37(35)41(38)28-31/h3-29,35,37H,1-2H3. The SMILES string of the molecule is CC1(C)c2ccccc2-c2ccc(N(c3ccc4c(c3)C3C=CC=CC3c3ccccc3-4)c3ccccc3-c3ccccc3)cc21. The molecule has 2 unspecified atom stereocenters. The molecule has 0 saturated heterocycles. The van der Waals surface area contributed by atoms with Crippen molar-refractivity contribution in [2.75, 3.05) is 4.90 Å². The molecule has 0 radical (unpaired) electrons. The van der Waals surface area contributed by atoms with Gasteiger partial charge in [-0.15, -0.1) is 0 Å². The zero-order valence-corrected chi connectivity index (χ0v) is 26.2. The predicted molar refractivity (Wildman–Crippen MR) is 193 cm³/mol. The second-order valence-corrected chi connectivity index (χ2v) is 13.3. The van der Waals surface area contributed by atoms with Crippen LogP contribution in [0.4, 0.5) is 17.1 Å². The molecule has 9 rings (SSSR count). The number of hydrogen-bond acceptors (Lipinski definition) is 1. The molecule has 0 heterocycles. The summed E-state index contributed by atoms with van der Waals surface area (Å²) in [5.41, 5.74) is 16.8. The Labute approximate surface area is 271 Å². The molecule has 220 valence electrons. The van der Waals surface area contributed by atoms with Crippen LogP contribution in [0.5, 0.6) is 0 Å². The van der Waals surface area contributed by atoms with E-state index < -0.39 is 0 Å². The molecular weight excluding hydrogens is 555 g/mol. The maximum atomic E-state index is 2.49. The van der Waals surface area contributed by atoms with Gasteiger partial charge in [0.1, 0.15) is 0 Å². The van der Waals surface area contributed by atoms with Gasteiger partial charge >= 0.3 is 0 Å². The summed E-state index contributed by atoms with van der Waals surface area (Å²) in [6, 6.07) is 51.7. The molecule has 0 saturated carbocycles. The summed E-state index contributed by atoms with van der Waals surface area (Å²) in [5, 5.41) is 0. The fourth-order valence-corrected chi connectivity index (χ4v) is 8.23. The molecule has 3 aliphatic carbocycles. The van der Waals surface area contributed by atoms with Crippen LogP contribution in [-0.2, 0) is 5.41 Å². The Balaban J connectivity index is 1.28. The largest absolute Gasteiger partial charge is 0.310 e. The molecule has 6 aromatic rings. The molecule has 0 fully saturated rings. The highest BCUT2D eigenvalue weighted by Gasteiger charge is 2.36. The van der Waals surface area contributed by atoms with E-state index in [0.717, 1.165) is 0 Å². The molecule has 0 bridgehead atoms. The number of rotatable bonds is 4. The average Bonchev–Trinajstić information content (AvgIpc) is 3.35. The first-order chi connectivity index (χ1) is 22.6. The molecule has 0 spiro atoms. The summed E-state index contributed by atoms with van der Waals surface area (Å²) >= 11 is 0. The van der Waals surface area contributed by atoms with E-state index in [2.05, 4.69) is 183 Å². The van der Waals surface area contributed by atoms with Crippen molar-refractivity contribution in [1.29, 1.82) is 0 Å². The van der Waals surface area contributed by atoms with Crippen LogP contribution in [0.15, 0.2) is 164 Å². The normalized spacial score (nSPS) is 17.8. The molecule has 3 aliphatic rings. The zero-order valence-electron chi connectivity index (χ0n) is 26.2. The third-order valence-electron chi connectivity index (χ3n) is 10.5. The minimum absolute atomic E-state index is 0.0848. The van der Waals surface area contributed by atoms with Gasteiger partial charge in [0.25, 0.3) is 0 Å². The second-order valence-electron chi connectivity index (χ2n) is 13.3. The molecular formula is C45H35N. The van der Waals surface area contributed by atoms with E-state index in [-0.39, 0.29) is 5.41 Å². The van der Waals surface area contributed by atoms with Gasteiger partial charge in [-0.1, -0.05) is 147 Å². The molecule has 1 heteroatoms. The number of nitrogens with zero attached hydrogens (tertiary/aromatic N) is 1. The van der Waals surface area contributed by atoms with Crippen molar-refractivity contribution in [3.05, 3.63) is 186 Å². The van der Waals surface area contributed by atoms with E-state index in [9.17, 15) is 0 Å². The maximum Gasteiger partial charge on any atom is 0.0540 e. The van der Waals surface area contributed by atoms with Crippen LogP contribution >= 0.6 is 0 Å². The van der Waals surface area contributed by atoms with E-state index >= 15 is 0 Å². The van der Waals surface area contributed by atoms with Crippen LogP contribution in [-0.4, -0.2) is 0 Å². The first kappa shape index (κ1) is 27.0. The van der Waals surface area contributed by atoms with Gasteiger partial charge in [0, 0.05) is 34.2 Å². The summed E-state index contributed by atoms with van der Waals surface area (Å²) in [6.07, 6.45) is 9.19. The van der Waals surface area contributed by atoms with E-state index in [0.29, 0.717) is 11.8 Å². The lowest BCUT2D eigenvalue weighted by Crippen LogP contribution is -2.19. The molecule has 2 atom stereocenters. The summed E-state index contributed by atoms with van der Waals surface area (Å²) in [5.74, 6) is 0.642. The molecule has 0 aliphatic heterocycles. The monoisotopic (exact) mass is 589 g/mol. The Morgan fingerprint density at radius 3 is 1.83 bits per heavy atom. The van der Waals surface area contributed by atoms with Crippen molar-refractivity contribution in [3.63, 3.8) is 0 Å². The zero-order chi connectivity index (χ0) is 30.8. The van der Waals surface area contributed by atoms with Gasteiger partial charge in [0.2, 0.25) is 0 Å².